The summed E-state index contributed by atoms with van der Waals surface area (Å²) in [5.41, 5.74) is 1.09. The fourth-order valence-electron chi connectivity index (χ4n) is 2.58. The minimum absolute atomic E-state index is 0.168. The van der Waals surface area contributed by atoms with Crippen molar-refractivity contribution in [2.45, 2.75) is 44.0 Å². The minimum atomic E-state index is -0.523. The van der Waals surface area contributed by atoms with Crippen LogP contribution in [0.5, 0.6) is 0 Å². The highest BCUT2D eigenvalue weighted by Gasteiger charge is 2.37. The number of hydrogen-bond donors (Lipinski definition) is 0. The average Bonchev–Trinajstić information content (AvgIpc) is 2.92. The Morgan fingerprint density at radius 3 is 2.75 bits per heavy atom. The van der Waals surface area contributed by atoms with Crippen LogP contribution in [0.4, 0.5) is 4.79 Å². The molecule has 0 bridgehead atoms. The zero-order valence-electron chi connectivity index (χ0n) is 14.2. The fourth-order valence-corrected chi connectivity index (χ4v) is 2.79. The second kappa shape index (κ2) is 9.02. The number of carbonyl (C=O) groups excluding carboxylic acids is 2. The van der Waals surface area contributed by atoms with Gasteiger partial charge in [0.25, 0.3) is 0 Å². The lowest BCUT2D eigenvalue weighted by Gasteiger charge is -2.19. The van der Waals surface area contributed by atoms with Crippen LogP contribution in [0, 0.1) is 5.92 Å². The van der Waals surface area contributed by atoms with Crippen molar-refractivity contribution in [3.8, 4) is 0 Å². The zero-order valence-corrected chi connectivity index (χ0v) is 15.7. The lowest BCUT2D eigenvalue weighted by Crippen LogP contribution is -2.40. The van der Waals surface area contributed by atoms with Crippen LogP contribution in [0.2, 0.25) is 0 Å². The summed E-state index contributed by atoms with van der Waals surface area (Å²) in [7, 11) is 0. The molecule has 2 atom stereocenters. The van der Waals surface area contributed by atoms with Crippen molar-refractivity contribution in [1.82, 2.24) is 4.90 Å². The van der Waals surface area contributed by atoms with Crippen LogP contribution in [0.1, 0.15) is 32.3 Å². The van der Waals surface area contributed by atoms with Crippen molar-refractivity contribution in [1.29, 1.82) is 0 Å². The lowest BCUT2D eigenvalue weighted by molar-refractivity contribution is -0.129. The van der Waals surface area contributed by atoms with Gasteiger partial charge in [0.1, 0.15) is 6.61 Å². The van der Waals surface area contributed by atoms with E-state index in [1.54, 1.807) is 0 Å². The number of benzene rings is 1. The third-order valence-electron chi connectivity index (χ3n) is 4.03. The first kappa shape index (κ1) is 18.7. The first-order valence-corrected chi connectivity index (χ1v) is 9.24. The molecule has 0 radical (unpaired) electrons. The molecule has 0 saturated carbocycles. The van der Waals surface area contributed by atoms with Crippen LogP contribution in [0.15, 0.2) is 42.5 Å². The van der Waals surface area contributed by atoms with Crippen LogP contribution < -0.4 is 0 Å². The minimum Gasteiger partial charge on any atom is -0.447 e. The lowest BCUT2D eigenvalue weighted by atomic mass is 10.1. The summed E-state index contributed by atoms with van der Waals surface area (Å²) >= 11 is 3.58. The Bertz CT molecular complexity index is 586. The van der Waals surface area contributed by atoms with E-state index in [9.17, 15) is 9.59 Å². The van der Waals surface area contributed by atoms with Crippen LogP contribution >= 0.6 is 15.9 Å². The van der Waals surface area contributed by atoms with Crippen molar-refractivity contribution >= 4 is 27.9 Å². The molecular formula is C19H24BrNO3. The molecule has 1 aliphatic rings. The van der Waals surface area contributed by atoms with E-state index < -0.39 is 6.09 Å². The van der Waals surface area contributed by atoms with Gasteiger partial charge >= 0.3 is 6.09 Å². The molecule has 1 aromatic rings. The molecule has 130 valence electrons. The maximum Gasteiger partial charge on any atom is 0.416 e. The molecule has 0 unspecified atom stereocenters. The smallest absolute Gasteiger partial charge is 0.416 e. The number of amides is 2. The summed E-state index contributed by atoms with van der Waals surface area (Å²) in [6, 6.07) is 9.64. The normalized spacial score (nSPS) is 19.1. The van der Waals surface area contributed by atoms with Gasteiger partial charge in [-0.05, 0) is 24.3 Å². The fraction of sp³-hybridized carbons (Fsp3) is 0.474. The van der Waals surface area contributed by atoms with E-state index in [0.717, 1.165) is 5.56 Å². The second-order valence-corrected chi connectivity index (χ2v) is 7.40. The van der Waals surface area contributed by atoms with Crippen LogP contribution in [-0.2, 0) is 16.0 Å². The molecule has 1 heterocycles. The van der Waals surface area contributed by atoms with Crippen LogP contribution in [0.3, 0.4) is 0 Å². The summed E-state index contributed by atoms with van der Waals surface area (Å²) in [4.78, 5) is 25.9. The number of nitrogens with zero attached hydrogens (tertiary/aromatic N) is 1. The summed E-state index contributed by atoms with van der Waals surface area (Å²) in [5, 5.41) is 0. The van der Waals surface area contributed by atoms with Crippen molar-refractivity contribution in [3.63, 3.8) is 0 Å². The highest BCUT2D eigenvalue weighted by atomic mass is 79.9. The van der Waals surface area contributed by atoms with E-state index in [-0.39, 0.29) is 18.6 Å². The van der Waals surface area contributed by atoms with Gasteiger partial charge in [-0.15, -0.1) is 0 Å². The molecule has 4 nitrogen and oxygen atoms in total. The monoisotopic (exact) mass is 393 g/mol. The largest absolute Gasteiger partial charge is 0.447 e. The van der Waals surface area contributed by atoms with E-state index in [1.165, 1.54) is 4.90 Å². The molecule has 0 aromatic heterocycles. The Kier molecular flexibility index (Phi) is 7.03. The molecular weight excluding hydrogens is 370 g/mol. The third kappa shape index (κ3) is 5.20. The molecule has 0 N–H and O–H groups in total. The highest BCUT2D eigenvalue weighted by molar-refractivity contribution is 9.09. The van der Waals surface area contributed by atoms with Gasteiger partial charge < -0.3 is 4.74 Å². The number of allylic oxidation sites excluding steroid dienone is 2. The van der Waals surface area contributed by atoms with E-state index in [1.807, 2.05) is 36.4 Å². The number of hydrogen-bond acceptors (Lipinski definition) is 3. The van der Waals surface area contributed by atoms with E-state index in [2.05, 4.69) is 35.9 Å². The first-order valence-electron chi connectivity index (χ1n) is 8.32. The molecule has 0 aliphatic carbocycles. The highest BCUT2D eigenvalue weighted by Crippen LogP contribution is 2.19. The van der Waals surface area contributed by atoms with Crippen LogP contribution in [-0.4, -0.2) is 34.4 Å². The molecule has 5 heteroatoms. The van der Waals surface area contributed by atoms with E-state index >= 15 is 0 Å². The van der Waals surface area contributed by atoms with E-state index in [0.29, 0.717) is 30.0 Å². The number of halogens is 1. The molecule has 1 aliphatic heterocycles. The topological polar surface area (TPSA) is 46.6 Å². The van der Waals surface area contributed by atoms with Gasteiger partial charge in [-0.3, -0.25) is 4.79 Å². The van der Waals surface area contributed by atoms with Crippen molar-refractivity contribution in [3.05, 3.63) is 48.0 Å². The van der Waals surface area contributed by atoms with Crippen molar-refractivity contribution in [2.24, 2.45) is 5.92 Å². The number of rotatable bonds is 7. The van der Waals surface area contributed by atoms with Gasteiger partial charge in [0, 0.05) is 11.2 Å². The summed E-state index contributed by atoms with van der Waals surface area (Å²) < 4.78 is 5.09. The van der Waals surface area contributed by atoms with Gasteiger partial charge in [-0.25, -0.2) is 9.69 Å². The zero-order chi connectivity index (χ0) is 17.5. The van der Waals surface area contributed by atoms with Crippen molar-refractivity contribution < 1.29 is 14.3 Å². The number of ether oxygens (including phenoxy) is 1. The molecule has 24 heavy (non-hydrogen) atoms. The SMILES string of the molecule is CC(C)[C@H](Br)C=CCCC(=O)N1C(=O)OC[C@@H]1Cc1ccccc1. The molecule has 0 spiro atoms. The molecule has 1 aromatic carbocycles. The number of carbonyl (C=O) groups is 2. The molecule has 1 saturated heterocycles. The maximum absolute atomic E-state index is 12.4. The Balaban J connectivity index is 1.90. The predicted molar refractivity (Wildman–Crippen MR) is 98.1 cm³/mol. The van der Waals surface area contributed by atoms with Crippen LogP contribution in [0.25, 0.3) is 0 Å². The van der Waals surface area contributed by atoms with Gasteiger partial charge in [0.05, 0.1) is 6.04 Å². The standard InChI is InChI=1S/C19H24BrNO3/c1-14(2)17(20)10-6-7-11-18(22)21-16(13-24-19(21)23)12-15-8-4-3-5-9-15/h3-6,8-10,14,16-17H,7,11-13H2,1-2H3/t16-,17+/m0/s1. The molecule has 1 fully saturated rings. The molecule has 2 amide bonds. The first-order chi connectivity index (χ1) is 11.5. The Morgan fingerprint density at radius 2 is 2.08 bits per heavy atom. The Labute approximate surface area is 152 Å². The number of cyclic esters (lactones) is 1. The predicted octanol–water partition coefficient (Wildman–Crippen LogP) is 4.33. The number of alkyl halides is 1. The van der Waals surface area contributed by atoms with Gasteiger partial charge in [0.15, 0.2) is 0 Å². The third-order valence-corrected chi connectivity index (χ3v) is 5.39. The van der Waals surface area contributed by atoms with E-state index in [4.69, 9.17) is 4.74 Å². The summed E-state index contributed by atoms with van der Waals surface area (Å²) in [6.45, 7) is 4.53. The van der Waals surface area contributed by atoms with Gasteiger partial charge in [-0.2, -0.15) is 0 Å². The summed E-state index contributed by atoms with van der Waals surface area (Å²) in [5.74, 6) is 0.333. The number of imide groups is 1. The second-order valence-electron chi connectivity index (χ2n) is 6.34. The van der Waals surface area contributed by atoms with Crippen molar-refractivity contribution in [2.75, 3.05) is 6.61 Å². The maximum atomic E-state index is 12.4. The molecule has 2 rings (SSSR count). The van der Waals surface area contributed by atoms with Gasteiger partial charge in [-0.1, -0.05) is 72.3 Å². The average molecular weight is 394 g/mol. The Morgan fingerprint density at radius 1 is 1.38 bits per heavy atom. The van der Waals surface area contributed by atoms with Gasteiger partial charge in [0.2, 0.25) is 5.91 Å². The quantitative estimate of drug-likeness (QED) is 0.511. The Hall–Kier alpha value is -1.62. The summed E-state index contributed by atoms with van der Waals surface area (Å²) in [6.07, 6.45) is 5.09.